The van der Waals surface area contributed by atoms with Gasteiger partial charge in [-0.15, -0.1) is 0 Å². The Kier molecular flexibility index (Phi) is 6.53. The maximum atomic E-state index is 12.9. The quantitative estimate of drug-likeness (QED) is 0.587. The Balaban J connectivity index is 1.46. The van der Waals surface area contributed by atoms with E-state index in [0.29, 0.717) is 18.8 Å². The van der Waals surface area contributed by atoms with Gasteiger partial charge in [0.15, 0.2) is 0 Å². The number of rotatable bonds is 6. The Bertz CT molecular complexity index is 1080. The normalized spacial score (nSPS) is 13.8. The van der Waals surface area contributed by atoms with Crippen LogP contribution in [0, 0.1) is 6.92 Å². The zero-order valence-corrected chi connectivity index (χ0v) is 18.9. The second-order valence-electron chi connectivity index (χ2n) is 7.44. The molecule has 31 heavy (non-hydrogen) atoms. The highest BCUT2D eigenvalue weighted by molar-refractivity contribution is 7.97. The average molecular weight is 438 g/mol. The number of hydrogen-bond acceptors (Lipinski definition) is 5. The zero-order valence-electron chi connectivity index (χ0n) is 18.1. The molecule has 1 amide bonds. The molecule has 1 N–H and O–H groups in total. The standard InChI is InChI=1S/C24H27N3O3S/c1-17-23(31-27-12-13-30-22-11-7-5-9-19(22)16-27)14-20(26(17)2)24(28)25-15-18-8-4-6-10-21(18)29-3/h4-11,14H,12-13,15-16H2,1-3H3,(H,25,28). The summed E-state index contributed by atoms with van der Waals surface area (Å²) < 4.78 is 15.5. The van der Waals surface area contributed by atoms with Crippen LogP contribution in [-0.2, 0) is 20.1 Å². The van der Waals surface area contributed by atoms with Crippen molar-refractivity contribution in [3.8, 4) is 11.5 Å². The molecule has 162 valence electrons. The summed E-state index contributed by atoms with van der Waals surface area (Å²) in [5.41, 5.74) is 3.82. The molecule has 0 radical (unpaired) electrons. The first-order valence-electron chi connectivity index (χ1n) is 10.3. The Morgan fingerprint density at radius 1 is 1.19 bits per heavy atom. The molecule has 1 aromatic heterocycles. The molecule has 3 aromatic rings. The summed E-state index contributed by atoms with van der Waals surface area (Å²) in [7, 11) is 3.56. The van der Waals surface area contributed by atoms with Crippen LogP contribution >= 0.6 is 11.9 Å². The van der Waals surface area contributed by atoms with E-state index in [4.69, 9.17) is 9.47 Å². The molecule has 0 atom stereocenters. The topological polar surface area (TPSA) is 55.7 Å². The summed E-state index contributed by atoms with van der Waals surface area (Å²) in [6, 6.07) is 17.8. The summed E-state index contributed by atoms with van der Waals surface area (Å²) >= 11 is 1.67. The van der Waals surface area contributed by atoms with Crippen LogP contribution in [0.5, 0.6) is 11.5 Å². The number of benzene rings is 2. The second-order valence-corrected chi connectivity index (χ2v) is 8.58. The summed E-state index contributed by atoms with van der Waals surface area (Å²) in [6.07, 6.45) is 0. The number of para-hydroxylation sites is 2. The van der Waals surface area contributed by atoms with Gasteiger partial charge in [0, 0.05) is 48.4 Å². The van der Waals surface area contributed by atoms with Crippen LogP contribution in [-0.4, -0.2) is 35.0 Å². The summed E-state index contributed by atoms with van der Waals surface area (Å²) in [5, 5.41) is 3.02. The Morgan fingerprint density at radius 2 is 1.97 bits per heavy atom. The molecular weight excluding hydrogens is 410 g/mol. The minimum atomic E-state index is -0.104. The van der Waals surface area contributed by atoms with Crippen molar-refractivity contribution in [2.24, 2.45) is 7.05 Å². The first-order chi connectivity index (χ1) is 15.1. The first kappa shape index (κ1) is 21.3. The fourth-order valence-corrected chi connectivity index (χ4v) is 4.70. The molecule has 0 aliphatic carbocycles. The number of fused-ring (bicyclic) bond motifs is 1. The summed E-state index contributed by atoms with van der Waals surface area (Å²) in [6.45, 7) is 4.70. The highest BCUT2D eigenvalue weighted by atomic mass is 32.2. The first-order valence-corrected chi connectivity index (χ1v) is 11.0. The number of nitrogens with one attached hydrogen (secondary N) is 1. The van der Waals surface area contributed by atoms with E-state index in [1.165, 1.54) is 5.56 Å². The number of nitrogens with zero attached hydrogens (tertiary/aromatic N) is 2. The van der Waals surface area contributed by atoms with Gasteiger partial charge in [0.1, 0.15) is 23.8 Å². The minimum Gasteiger partial charge on any atom is -0.496 e. The van der Waals surface area contributed by atoms with Crippen molar-refractivity contribution in [2.75, 3.05) is 20.3 Å². The zero-order chi connectivity index (χ0) is 21.8. The van der Waals surface area contributed by atoms with Gasteiger partial charge in [-0.05, 0) is 37.1 Å². The van der Waals surface area contributed by atoms with Crippen molar-refractivity contribution in [3.05, 3.63) is 77.1 Å². The van der Waals surface area contributed by atoms with Gasteiger partial charge in [0.05, 0.1) is 7.11 Å². The summed E-state index contributed by atoms with van der Waals surface area (Å²) in [4.78, 5) is 14.0. The van der Waals surface area contributed by atoms with E-state index < -0.39 is 0 Å². The molecule has 2 heterocycles. The van der Waals surface area contributed by atoms with Crippen LogP contribution in [0.3, 0.4) is 0 Å². The number of ether oxygens (including phenoxy) is 2. The maximum absolute atomic E-state index is 12.9. The van der Waals surface area contributed by atoms with Crippen molar-refractivity contribution >= 4 is 17.9 Å². The molecule has 0 saturated carbocycles. The van der Waals surface area contributed by atoms with Crippen molar-refractivity contribution < 1.29 is 14.3 Å². The van der Waals surface area contributed by atoms with Crippen LogP contribution in [0.1, 0.15) is 27.3 Å². The third-order valence-corrected chi connectivity index (χ3v) is 6.68. The van der Waals surface area contributed by atoms with Gasteiger partial charge in [-0.2, -0.15) is 0 Å². The highest BCUT2D eigenvalue weighted by Crippen LogP contribution is 2.33. The van der Waals surface area contributed by atoms with Crippen molar-refractivity contribution in [3.63, 3.8) is 0 Å². The fourth-order valence-electron chi connectivity index (χ4n) is 3.62. The third-order valence-electron chi connectivity index (χ3n) is 5.50. The smallest absolute Gasteiger partial charge is 0.268 e. The minimum absolute atomic E-state index is 0.104. The molecular formula is C24H27N3O3S. The molecule has 0 bridgehead atoms. The number of carbonyl (C=O) groups is 1. The third kappa shape index (κ3) is 4.73. The second kappa shape index (κ2) is 9.49. The molecule has 1 aliphatic heterocycles. The van der Waals surface area contributed by atoms with E-state index in [9.17, 15) is 4.79 Å². The number of carbonyl (C=O) groups excluding carboxylic acids is 1. The van der Waals surface area contributed by atoms with Gasteiger partial charge < -0.3 is 19.4 Å². The number of aromatic nitrogens is 1. The molecule has 6 nitrogen and oxygen atoms in total. The number of methoxy groups -OCH3 is 1. The van der Waals surface area contributed by atoms with Gasteiger partial charge >= 0.3 is 0 Å². The van der Waals surface area contributed by atoms with Crippen molar-refractivity contribution in [2.45, 2.75) is 24.9 Å². The fraction of sp³-hybridized carbons (Fsp3) is 0.292. The van der Waals surface area contributed by atoms with Gasteiger partial charge in [-0.1, -0.05) is 36.4 Å². The van der Waals surface area contributed by atoms with E-state index in [-0.39, 0.29) is 5.91 Å². The van der Waals surface area contributed by atoms with Crippen molar-refractivity contribution in [1.82, 2.24) is 14.2 Å². The Hall–Kier alpha value is -2.90. The monoisotopic (exact) mass is 437 g/mol. The number of amides is 1. The van der Waals surface area contributed by atoms with E-state index >= 15 is 0 Å². The Morgan fingerprint density at radius 3 is 2.81 bits per heavy atom. The van der Waals surface area contributed by atoms with Crippen LogP contribution in [0.4, 0.5) is 0 Å². The molecule has 1 aliphatic rings. The molecule has 0 saturated heterocycles. The lowest BCUT2D eigenvalue weighted by atomic mass is 10.2. The molecule has 7 heteroatoms. The van der Waals surface area contributed by atoms with E-state index in [0.717, 1.165) is 40.7 Å². The van der Waals surface area contributed by atoms with E-state index in [2.05, 4.69) is 15.7 Å². The molecule has 2 aromatic carbocycles. The predicted octanol–water partition coefficient (Wildman–Crippen LogP) is 4.17. The number of hydrogen-bond donors (Lipinski definition) is 1. The van der Waals surface area contributed by atoms with Crippen LogP contribution in [0.2, 0.25) is 0 Å². The molecule has 0 spiro atoms. The largest absolute Gasteiger partial charge is 0.496 e. The van der Waals surface area contributed by atoms with Crippen molar-refractivity contribution in [1.29, 1.82) is 0 Å². The lowest BCUT2D eigenvalue weighted by Crippen LogP contribution is -2.25. The van der Waals surface area contributed by atoms with E-state index in [1.54, 1.807) is 19.1 Å². The molecule has 0 unspecified atom stereocenters. The van der Waals surface area contributed by atoms with Gasteiger partial charge in [0.2, 0.25) is 0 Å². The van der Waals surface area contributed by atoms with Crippen LogP contribution in [0.15, 0.2) is 59.5 Å². The lowest BCUT2D eigenvalue weighted by Gasteiger charge is -2.17. The predicted molar refractivity (Wildman–Crippen MR) is 123 cm³/mol. The molecule has 4 rings (SSSR count). The van der Waals surface area contributed by atoms with Crippen LogP contribution < -0.4 is 14.8 Å². The average Bonchev–Trinajstić information content (AvgIpc) is 2.95. The van der Waals surface area contributed by atoms with Gasteiger partial charge in [-0.25, -0.2) is 4.31 Å². The van der Waals surface area contributed by atoms with Crippen LogP contribution in [0.25, 0.3) is 0 Å². The maximum Gasteiger partial charge on any atom is 0.268 e. The summed E-state index contributed by atoms with van der Waals surface area (Å²) in [5.74, 6) is 1.62. The lowest BCUT2D eigenvalue weighted by molar-refractivity contribution is 0.0942. The highest BCUT2D eigenvalue weighted by Gasteiger charge is 2.21. The van der Waals surface area contributed by atoms with E-state index in [1.807, 2.05) is 67.1 Å². The Labute approximate surface area is 187 Å². The SMILES string of the molecule is COc1ccccc1CNC(=O)c1cc(SN2CCOc3ccccc3C2)c(C)n1C. The van der Waals surface area contributed by atoms with Gasteiger partial charge in [-0.3, -0.25) is 4.79 Å². The molecule has 0 fully saturated rings. The van der Waals surface area contributed by atoms with Gasteiger partial charge in [0.25, 0.3) is 5.91 Å².